The fourth-order valence-corrected chi connectivity index (χ4v) is 12.0. The highest BCUT2D eigenvalue weighted by molar-refractivity contribution is 6.63. The molecule has 0 aliphatic rings. The van der Waals surface area contributed by atoms with Crippen molar-refractivity contribution in [3.05, 3.63) is 259 Å². The average Bonchev–Trinajstić information content (AvgIpc) is 0.786. The summed E-state index contributed by atoms with van der Waals surface area (Å²) in [5.74, 6) is 1.44. The van der Waals surface area contributed by atoms with Crippen LogP contribution in [0.4, 0.5) is 0 Å². The van der Waals surface area contributed by atoms with Crippen LogP contribution < -0.4 is 18.9 Å². The Morgan fingerprint density at radius 3 is 0.883 bits per heavy atom. The van der Waals surface area contributed by atoms with Gasteiger partial charge in [0.05, 0.1) is 14.0 Å². The molecule has 0 heterocycles. The van der Waals surface area contributed by atoms with Gasteiger partial charge >= 0.3 is 36.0 Å². The van der Waals surface area contributed by atoms with Crippen molar-refractivity contribution in [1.82, 2.24) is 0 Å². The number of unbranched alkanes of at least 4 members (excludes halogenated alkanes) is 5. The van der Waals surface area contributed by atoms with E-state index in [-0.39, 0.29) is 88.9 Å². The van der Waals surface area contributed by atoms with E-state index in [1.807, 2.05) is 91.0 Å². The molecule has 1 atom stereocenters. The minimum absolute atomic E-state index is 0.116. The first-order chi connectivity index (χ1) is 53.1. The lowest BCUT2D eigenvalue weighted by Crippen LogP contribution is -2.26. The van der Waals surface area contributed by atoms with Crippen molar-refractivity contribution in [1.29, 1.82) is 0 Å². The van der Waals surface area contributed by atoms with Crippen LogP contribution >= 0.6 is 23.5 Å². The molecule has 0 aliphatic heterocycles. The molecular formula is C88H101Cl2N3O18+2. The molecule has 0 spiro atoms. The molecule has 0 aromatic heterocycles. The number of aromatic hydroxyl groups is 4. The van der Waals surface area contributed by atoms with Gasteiger partial charge in [-0.15, -0.1) is 0 Å². The largest absolute Gasteiger partial charge is 0.508 e. The quantitative estimate of drug-likeness (QED) is 0.00732. The Bertz CT molecular complexity index is 4290. The van der Waals surface area contributed by atoms with E-state index in [1.165, 1.54) is 6.92 Å². The van der Waals surface area contributed by atoms with Crippen molar-refractivity contribution < 1.29 is 82.8 Å². The molecule has 0 radical (unpaired) electrons. The zero-order valence-corrected chi connectivity index (χ0v) is 65.9. The Morgan fingerprint density at radius 2 is 0.640 bits per heavy atom. The molecule has 588 valence electrons. The molecule has 0 bridgehead atoms. The van der Waals surface area contributed by atoms with Gasteiger partial charge in [-0.05, 0) is 211 Å². The van der Waals surface area contributed by atoms with Crippen molar-refractivity contribution in [3.63, 3.8) is 0 Å². The van der Waals surface area contributed by atoms with Gasteiger partial charge in [0, 0.05) is 54.4 Å². The molecule has 8 aromatic rings. The highest BCUT2D eigenvalue weighted by Crippen LogP contribution is 2.41. The average molecular weight is 1560 g/mol. The van der Waals surface area contributed by atoms with Gasteiger partial charge in [-0.3, -0.25) is 24.0 Å². The second-order valence-corrected chi connectivity index (χ2v) is 27.6. The molecule has 1 unspecified atom stereocenters. The summed E-state index contributed by atoms with van der Waals surface area (Å²) in [7, 11) is 1.61. The first-order valence-electron chi connectivity index (χ1n) is 36.6. The lowest BCUT2D eigenvalue weighted by Gasteiger charge is -2.26. The molecule has 8 rings (SSSR count). The standard InChI is InChI=1S/C47H53NO9.C18H19NO3.C15H16O2.C6H8Cl2O3.C2H3NO/c1-6-7-32-47(33-48-53,37-20-24-39(54-5)25-21-37)38-22-30-42(31-23-38)57-45(52)15-11-10-14-44(51)56-41-28-18-36(19-29-41)46(3,4)35-16-26-40(27-17-35)55-43(50)13-9-8-12-34(2)49;1-2-3-12-18(13-19-22,14-4-8-16(20)9-5-14)15-6-10-17(21)11-7-15;1-15(2,11-3-7-13(16)8-4-11)12-5-9-14(17)10-6-12;7-5(9)3-1-2-4-6(10)11-8;1-2-3-4/h16-31H,6-15,32H2,1-5H3;4-11H,2-3,12H2,1H3,(H2-,20,21,22);3-10,16-17H,1-2H3;1-4H2;1H3/p+2. The third kappa shape index (κ3) is 30.8. The van der Waals surface area contributed by atoms with Crippen LogP contribution in [0, 0.1) is 23.4 Å². The number of esters is 3. The molecule has 0 saturated heterocycles. The smallest absolute Gasteiger partial charge is 0.366 e. The maximum atomic E-state index is 12.7. The van der Waals surface area contributed by atoms with Crippen LogP contribution in [0.2, 0.25) is 0 Å². The third-order valence-corrected chi connectivity index (χ3v) is 18.7. The molecule has 0 aliphatic carbocycles. The molecule has 23 heteroatoms. The Labute approximate surface area is 660 Å². The summed E-state index contributed by atoms with van der Waals surface area (Å²) in [6.45, 7) is 15.6. The van der Waals surface area contributed by atoms with Crippen LogP contribution in [0.5, 0.6) is 46.0 Å². The number of ether oxygens (including phenoxy) is 4. The third-order valence-electron chi connectivity index (χ3n) is 18.3. The van der Waals surface area contributed by atoms with Gasteiger partial charge in [0.2, 0.25) is 15.3 Å². The number of benzene rings is 8. The van der Waals surface area contributed by atoms with Crippen molar-refractivity contribution in [3.8, 4) is 64.2 Å². The van der Waals surface area contributed by atoms with Crippen LogP contribution in [0.25, 0.3) is 15.0 Å². The predicted octanol–water partition coefficient (Wildman–Crippen LogP) is 20.9. The zero-order chi connectivity index (χ0) is 81.8. The number of phenolic OH excluding ortho intramolecular Hbond substituents is 4. The lowest BCUT2D eigenvalue weighted by molar-refractivity contribution is -0.136. The molecule has 6 N–H and O–H groups in total. The molecule has 0 amide bonds. The Morgan fingerprint density at radius 1 is 0.396 bits per heavy atom. The van der Waals surface area contributed by atoms with E-state index in [0.29, 0.717) is 80.8 Å². The van der Waals surface area contributed by atoms with Crippen LogP contribution in [0.1, 0.15) is 215 Å². The van der Waals surface area contributed by atoms with E-state index in [0.717, 1.165) is 70.2 Å². The normalized spacial score (nSPS) is 11.1. The molecule has 21 nitrogen and oxygen atoms in total. The number of nitrogens with zero attached hydrogens (tertiary/aromatic N) is 3. The summed E-state index contributed by atoms with van der Waals surface area (Å²) in [5, 5.41) is 73.5. The number of rotatable bonds is 33. The van der Waals surface area contributed by atoms with Crippen molar-refractivity contribution in [2.75, 3.05) is 7.11 Å². The Hall–Kier alpha value is -11.6. The van der Waals surface area contributed by atoms with Crippen molar-refractivity contribution in [2.45, 2.75) is 193 Å². The summed E-state index contributed by atoms with van der Waals surface area (Å²) in [6, 6.07) is 65.3. The number of carbonyl (C=O) groups excluding carboxylic acids is 6. The maximum Gasteiger partial charge on any atom is 0.366 e. The highest BCUT2D eigenvalue weighted by Gasteiger charge is 2.41. The minimum Gasteiger partial charge on any atom is -0.508 e. The number of phenols is 4. The summed E-state index contributed by atoms with van der Waals surface area (Å²) in [6.07, 6.45) is 10.0. The fourth-order valence-electron chi connectivity index (χ4n) is 11.8. The first kappa shape index (κ1) is 91.8. The number of halogens is 2. The molecule has 0 fully saturated rings. The summed E-state index contributed by atoms with van der Waals surface area (Å²) < 4.78 is 25.8. The predicted molar refractivity (Wildman–Crippen MR) is 430 cm³/mol. The monoisotopic (exact) mass is 1560 g/mol. The van der Waals surface area contributed by atoms with Gasteiger partial charge in [0.1, 0.15) is 63.6 Å². The van der Waals surface area contributed by atoms with Crippen LogP contribution in [0.3, 0.4) is 0 Å². The van der Waals surface area contributed by atoms with Crippen LogP contribution in [-0.2, 0) is 54.7 Å². The molecule has 111 heavy (non-hydrogen) atoms. The summed E-state index contributed by atoms with van der Waals surface area (Å²) in [5.41, 5.74) is 5.73. The number of hydrogen-bond donors (Lipinski definition) is 6. The molecule has 8 aromatic carbocycles. The van der Waals surface area contributed by atoms with Gasteiger partial charge in [-0.1, -0.05) is 164 Å². The molecule has 0 saturated carbocycles. The second kappa shape index (κ2) is 48.1. The summed E-state index contributed by atoms with van der Waals surface area (Å²) >= 11 is 9.80. The van der Waals surface area contributed by atoms with Gasteiger partial charge in [0.25, 0.3) is 6.07 Å². The first-order valence-corrected chi connectivity index (χ1v) is 37.3. The van der Waals surface area contributed by atoms with Gasteiger partial charge in [-0.25, -0.2) is 0 Å². The topological polar surface area (TPSA) is 306 Å². The van der Waals surface area contributed by atoms with E-state index >= 15 is 0 Å². The van der Waals surface area contributed by atoms with Crippen molar-refractivity contribution in [2.24, 2.45) is 0 Å². The minimum atomic E-state index is -0.805. The Kier molecular flexibility index (Phi) is 39.8. The van der Waals surface area contributed by atoms with E-state index in [2.05, 4.69) is 73.0 Å². The highest BCUT2D eigenvalue weighted by atomic mass is 35.5. The van der Waals surface area contributed by atoms with Gasteiger partial charge < -0.3 is 53.7 Å². The van der Waals surface area contributed by atoms with E-state index in [9.17, 15) is 54.4 Å². The van der Waals surface area contributed by atoms with Gasteiger partial charge in [0.15, 0.2) is 10.8 Å². The van der Waals surface area contributed by atoms with Crippen molar-refractivity contribution >= 4 is 58.4 Å². The van der Waals surface area contributed by atoms with Crippen LogP contribution in [0.15, 0.2) is 194 Å². The summed E-state index contributed by atoms with van der Waals surface area (Å²) in [4.78, 5) is 69.1. The number of Topliss-reactive ketones (excluding diaryl/α,β-unsaturated/α-hetero) is 1. The second-order valence-electron chi connectivity index (χ2n) is 27.0. The number of ketones is 1. The zero-order valence-electron chi connectivity index (χ0n) is 64.4. The number of methoxy groups -OCH3 is 1. The lowest BCUT2D eigenvalue weighted by atomic mass is 9.72. The van der Waals surface area contributed by atoms with E-state index in [4.69, 9.17) is 52.8 Å². The van der Waals surface area contributed by atoms with Crippen LogP contribution in [-0.4, -0.2) is 72.9 Å². The Balaban J connectivity index is 0.000000385. The van der Waals surface area contributed by atoms with Gasteiger partial charge in [-0.2, -0.15) is 10.4 Å². The van der Waals surface area contributed by atoms with E-state index in [1.54, 1.807) is 123 Å². The maximum absolute atomic E-state index is 12.7. The molecular weight excluding hydrogens is 1460 g/mol. The fraction of sp³-hybridized carbons (Fsp3) is 0.352. The van der Waals surface area contributed by atoms with E-state index < -0.39 is 22.8 Å². The number of hydrogen-bond acceptors (Lipinski definition) is 18. The number of carbonyl (C=O) groups is 6. The SMILES string of the molecule is CC#[N+][O-].CC(C)(c1ccc(O)cc1)c1ccc(O)cc1.CCCCC(C#[N+]O)(c1ccc(O)cc1)c1ccc(O)cc1.CCCCC(C#[N+]O)(c1ccc(OC)cc1)c1ccc(OC(=O)CCCCC(=O)Oc2ccc(C(C)(C)c3ccc(OC(=O)CCCCC(C)=O)cc3)cc2)cc1.O=C(Cl)CCCCC(=O)OCl.